The summed E-state index contributed by atoms with van der Waals surface area (Å²) in [5.41, 5.74) is 1.60. The number of benzene rings is 2. The summed E-state index contributed by atoms with van der Waals surface area (Å²) in [6.07, 6.45) is -7.36. The number of carbonyl (C=O) groups is 1. The zero-order chi connectivity index (χ0) is 23.3. The molecule has 10 nitrogen and oxygen atoms in total. The van der Waals surface area contributed by atoms with E-state index >= 15 is 0 Å². The van der Waals surface area contributed by atoms with Gasteiger partial charge in [0.05, 0.1) is 11.5 Å². The molecule has 0 radical (unpaired) electrons. The van der Waals surface area contributed by atoms with E-state index < -0.39 is 53.5 Å². The fourth-order valence-corrected chi connectivity index (χ4v) is 3.99. The Morgan fingerprint density at radius 3 is 2.34 bits per heavy atom. The van der Waals surface area contributed by atoms with Gasteiger partial charge in [0.2, 0.25) is 0 Å². The van der Waals surface area contributed by atoms with Gasteiger partial charge in [-0.3, -0.25) is 4.18 Å². The van der Waals surface area contributed by atoms with E-state index in [1.54, 1.807) is 43.3 Å². The SMILES string of the molecule is Cc1ccc(S(=O)(=O)OC[C@H]2O[C@H](O)[C@H](NC(=O)OCc3ccccc3)[C@@H](O)[C@@H]2O)cc1. The van der Waals surface area contributed by atoms with E-state index in [9.17, 15) is 28.5 Å². The Balaban J connectivity index is 1.54. The van der Waals surface area contributed by atoms with E-state index in [-0.39, 0.29) is 11.5 Å². The van der Waals surface area contributed by atoms with Gasteiger partial charge in [0, 0.05) is 0 Å². The first kappa shape index (κ1) is 24.1. The van der Waals surface area contributed by atoms with E-state index in [0.29, 0.717) is 0 Å². The molecule has 4 N–H and O–H groups in total. The van der Waals surface area contributed by atoms with Crippen LogP contribution in [0.4, 0.5) is 4.79 Å². The molecule has 1 fully saturated rings. The molecule has 0 unspecified atom stereocenters. The van der Waals surface area contributed by atoms with E-state index in [0.717, 1.165) is 11.1 Å². The summed E-state index contributed by atoms with van der Waals surface area (Å²) in [4.78, 5) is 11.9. The minimum Gasteiger partial charge on any atom is -0.445 e. The Bertz CT molecular complexity index is 998. The Morgan fingerprint density at radius 2 is 1.69 bits per heavy atom. The Hall–Kier alpha value is -2.54. The second kappa shape index (κ2) is 10.4. The van der Waals surface area contributed by atoms with Gasteiger partial charge in [0.15, 0.2) is 6.29 Å². The van der Waals surface area contributed by atoms with Gasteiger partial charge in [-0.25, -0.2) is 4.79 Å². The maximum Gasteiger partial charge on any atom is 0.407 e. The van der Waals surface area contributed by atoms with Crippen LogP contribution in [0.3, 0.4) is 0 Å². The molecule has 2 aromatic carbocycles. The molecule has 0 saturated carbocycles. The maximum atomic E-state index is 12.3. The van der Waals surface area contributed by atoms with Gasteiger partial charge >= 0.3 is 6.09 Å². The summed E-state index contributed by atoms with van der Waals surface area (Å²) in [5.74, 6) is 0. The van der Waals surface area contributed by atoms with E-state index in [2.05, 4.69) is 5.32 Å². The van der Waals surface area contributed by atoms with E-state index in [1.807, 2.05) is 6.07 Å². The second-order valence-electron chi connectivity index (χ2n) is 7.33. The molecule has 1 aliphatic rings. The van der Waals surface area contributed by atoms with Crippen LogP contribution in [-0.4, -0.2) is 67.1 Å². The number of amides is 1. The number of aliphatic hydroxyl groups excluding tert-OH is 3. The number of carbonyl (C=O) groups excluding carboxylic acids is 1. The van der Waals surface area contributed by atoms with Crippen molar-refractivity contribution in [2.24, 2.45) is 0 Å². The standard InChI is InChI=1S/C21H25NO9S/c1-13-7-9-15(10-8-13)32(27,28)30-12-16-18(23)19(24)17(20(25)31-16)22-21(26)29-11-14-5-3-2-4-6-14/h2-10,16-20,23-25H,11-12H2,1H3,(H,22,26)/t16-,17-,18-,19-,20+/m1/s1. The van der Waals surface area contributed by atoms with Gasteiger partial charge in [0.25, 0.3) is 10.1 Å². The largest absolute Gasteiger partial charge is 0.445 e. The summed E-state index contributed by atoms with van der Waals surface area (Å²) in [5, 5.41) is 33.0. The van der Waals surface area contributed by atoms with Crippen LogP contribution in [0.1, 0.15) is 11.1 Å². The lowest BCUT2D eigenvalue weighted by atomic mass is 9.97. The summed E-state index contributed by atoms with van der Waals surface area (Å²) in [7, 11) is -4.15. The molecule has 32 heavy (non-hydrogen) atoms. The predicted octanol–water partition coefficient (Wildman–Crippen LogP) is 0.434. The first-order chi connectivity index (χ1) is 15.2. The smallest absolute Gasteiger partial charge is 0.407 e. The third-order valence-electron chi connectivity index (χ3n) is 4.91. The average molecular weight is 467 g/mol. The number of rotatable bonds is 7. The van der Waals surface area contributed by atoms with Crippen molar-refractivity contribution >= 4 is 16.2 Å². The number of hydrogen-bond acceptors (Lipinski definition) is 9. The first-order valence-corrected chi connectivity index (χ1v) is 11.2. The topological polar surface area (TPSA) is 152 Å². The molecule has 0 spiro atoms. The molecule has 0 bridgehead atoms. The third-order valence-corrected chi connectivity index (χ3v) is 6.21. The Kier molecular flexibility index (Phi) is 7.82. The van der Waals surface area contributed by atoms with Crippen molar-refractivity contribution in [1.82, 2.24) is 5.32 Å². The van der Waals surface area contributed by atoms with Gasteiger partial charge < -0.3 is 30.1 Å². The lowest BCUT2D eigenvalue weighted by Crippen LogP contribution is -2.64. The summed E-state index contributed by atoms with van der Waals surface area (Å²) in [6.45, 7) is 1.10. The minimum atomic E-state index is -4.15. The van der Waals surface area contributed by atoms with E-state index in [4.69, 9.17) is 13.7 Å². The van der Waals surface area contributed by atoms with Crippen LogP contribution in [0.2, 0.25) is 0 Å². The number of hydrogen-bond donors (Lipinski definition) is 4. The van der Waals surface area contributed by atoms with Crippen molar-refractivity contribution in [3.05, 3.63) is 65.7 Å². The van der Waals surface area contributed by atoms with Crippen LogP contribution in [-0.2, 0) is 30.4 Å². The normalized spacial score (nSPS) is 25.8. The van der Waals surface area contributed by atoms with E-state index in [1.165, 1.54) is 12.1 Å². The minimum absolute atomic E-state index is 0.0394. The third kappa shape index (κ3) is 6.03. The fourth-order valence-electron chi connectivity index (χ4n) is 3.07. The highest BCUT2D eigenvalue weighted by Gasteiger charge is 2.45. The molecule has 174 valence electrons. The molecule has 1 heterocycles. The first-order valence-electron chi connectivity index (χ1n) is 9.80. The zero-order valence-corrected chi connectivity index (χ0v) is 18.0. The van der Waals surface area contributed by atoms with Crippen molar-refractivity contribution in [1.29, 1.82) is 0 Å². The van der Waals surface area contributed by atoms with Crippen LogP contribution in [0.25, 0.3) is 0 Å². The molecular weight excluding hydrogens is 442 g/mol. The van der Waals surface area contributed by atoms with Crippen LogP contribution in [0.5, 0.6) is 0 Å². The fraction of sp³-hybridized carbons (Fsp3) is 0.381. The van der Waals surface area contributed by atoms with Gasteiger partial charge in [-0.2, -0.15) is 8.42 Å². The zero-order valence-electron chi connectivity index (χ0n) is 17.2. The summed E-state index contributed by atoms with van der Waals surface area (Å²) in [6, 6.07) is 13.4. The highest BCUT2D eigenvalue weighted by atomic mass is 32.2. The molecule has 3 rings (SSSR count). The maximum absolute atomic E-state index is 12.3. The van der Waals surface area contributed by atoms with Gasteiger partial charge in [-0.05, 0) is 24.6 Å². The van der Waals surface area contributed by atoms with Crippen LogP contribution in [0, 0.1) is 6.92 Å². The van der Waals surface area contributed by atoms with Gasteiger partial charge in [-0.15, -0.1) is 0 Å². The molecule has 2 aromatic rings. The van der Waals surface area contributed by atoms with Crippen molar-refractivity contribution in [3.8, 4) is 0 Å². The Morgan fingerprint density at radius 1 is 1.03 bits per heavy atom. The van der Waals surface area contributed by atoms with Gasteiger partial charge in [-0.1, -0.05) is 48.0 Å². The monoisotopic (exact) mass is 467 g/mol. The highest BCUT2D eigenvalue weighted by Crippen LogP contribution is 2.22. The van der Waals surface area contributed by atoms with Crippen LogP contribution in [0.15, 0.2) is 59.5 Å². The molecule has 1 saturated heterocycles. The number of aliphatic hydroxyl groups is 3. The molecule has 0 aliphatic carbocycles. The second-order valence-corrected chi connectivity index (χ2v) is 8.95. The van der Waals surface area contributed by atoms with Crippen molar-refractivity contribution < 1.29 is 42.2 Å². The molecule has 0 aromatic heterocycles. The van der Waals surface area contributed by atoms with Crippen LogP contribution >= 0.6 is 0 Å². The average Bonchev–Trinajstić information content (AvgIpc) is 2.78. The van der Waals surface area contributed by atoms with Crippen LogP contribution < -0.4 is 5.32 Å². The molecular formula is C21H25NO9S. The molecule has 1 aliphatic heterocycles. The van der Waals surface area contributed by atoms with Crippen molar-refractivity contribution in [3.63, 3.8) is 0 Å². The lowest BCUT2D eigenvalue weighted by molar-refractivity contribution is -0.251. The number of alkyl carbamates (subject to hydrolysis) is 1. The summed E-state index contributed by atoms with van der Waals surface area (Å²) >= 11 is 0. The lowest BCUT2D eigenvalue weighted by Gasteiger charge is -2.40. The highest BCUT2D eigenvalue weighted by molar-refractivity contribution is 7.86. The number of aryl methyl sites for hydroxylation is 1. The quantitative estimate of drug-likeness (QED) is 0.425. The summed E-state index contributed by atoms with van der Waals surface area (Å²) < 4.78 is 39.7. The van der Waals surface area contributed by atoms with Crippen molar-refractivity contribution in [2.75, 3.05) is 6.61 Å². The Labute approximate surface area is 185 Å². The molecule has 1 amide bonds. The number of ether oxygens (including phenoxy) is 2. The number of nitrogens with one attached hydrogen (secondary N) is 1. The molecule has 11 heteroatoms. The van der Waals surface area contributed by atoms with Crippen molar-refractivity contribution in [2.45, 2.75) is 49.1 Å². The van der Waals surface area contributed by atoms with Gasteiger partial charge in [0.1, 0.15) is 31.0 Å². The predicted molar refractivity (Wildman–Crippen MR) is 111 cm³/mol. The molecule has 5 atom stereocenters.